The van der Waals surface area contributed by atoms with Crippen molar-refractivity contribution in [3.05, 3.63) is 4.88 Å². The number of nitrogens with zero attached hydrogens (tertiary/aromatic N) is 3. The molecule has 0 bridgehead atoms. The molecule has 1 saturated carbocycles. The van der Waals surface area contributed by atoms with Crippen molar-refractivity contribution in [3.8, 4) is 0 Å². The molecule has 1 amide bonds. The molecule has 1 aromatic rings. The Morgan fingerprint density at radius 3 is 2.53 bits per heavy atom. The molecular formula is C13H22N4OS. The fraction of sp³-hybridized carbons (Fsp3) is 0.692. The van der Waals surface area contributed by atoms with E-state index < -0.39 is 0 Å². The lowest BCUT2D eigenvalue weighted by atomic mass is 9.92. The number of thiazole rings is 1. The number of hydrogen-bond donors (Lipinski definition) is 1. The van der Waals surface area contributed by atoms with Gasteiger partial charge in [-0.15, -0.1) is 0 Å². The minimum absolute atomic E-state index is 0.0121. The van der Waals surface area contributed by atoms with E-state index in [0.717, 1.165) is 31.1 Å². The smallest absolute Gasteiger partial charge is 0.267 e. The molecule has 0 aliphatic heterocycles. The highest BCUT2D eigenvalue weighted by Gasteiger charge is 2.29. The molecule has 1 aromatic heterocycles. The van der Waals surface area contributed by atoms with E-state index in [1.165, 1.54) is 17.8 Å². The summed E-state index contributed by atoms with van der Waals surface area (Å²) in [4.78, 5) is 21.3. The van der Waals surface area contributed by atoms with Gasteiger partial charge in [0.2, 0.25) is 0 Å². The highest BCUT2D eigenvalue weighted by Crippen LogP contribution is 2.31. The van der Waals surface area contributed by atoms with Gasteiger partial charge < -0.3 is 15.5 Å². The van der Waals surface area contributed by atoms with Gasteiger partial charge in [0.25, 0.3) is 5.91 Å². The molecule has 1 fully saturated rings. The van der Waals surface area contributed by atoms with Crippen molar-refractivity contribution in [2.75, 3.05) is 30.8 Å². The summed E-state index contributed by atoms with van der Waals surface area (Å²) < 4.78 is 0. The summed E-state index contributed by atoms with van der Waals surface area (Å²) in [6.07, 6.45) is 3.42. The molecule has 1 heterocycles. The molecule has 1 aliphatic carbocycles. The van der Waals surface area contributed by atoms with Crippen molar-refractivity contribution in [1.29, 1.82) is 0 Å². The third kappa shape index (κ3) is 2.68. The van der Waals surface area contributed by atoms with Crippen LogP contribution >= 0.6 is 11.3 Å². The van der Waals surface area contributed by atoms with Crippen LogP contribution in [0, 0.1) is 0 Å². The maximum absolute atomic E-state index is 12.4. The first-order valence-electron chi connectivity index (χ1n) is 6.86. The second-order valence-electron chi connectivity index (χ2n) is 4.88. The van der Waals surface area contributed by atoms with Crippen molar-refractivity contribution >= 4 is 28.2 Å². The lowest BCUT2D eigenvalue weighted by Crippen LogP contribution is -2.41. The van der Waals surface area contributed by atoms with Crippen molar-refractivity contribution in [1.82, 2.24) is 9.88 Å². The van der Waals surface area contributed by atoms with Crippen LogP contribution in [0.25, 0.3) is 0 Å². The predicted molar refractivity (Wildman–Crippen MR) is 79.8 cm³/mol. The molecule has 106 valence electrons. The molecule has 5 nitrogen and oxygen atoms in total. The van der Waals surface area contributed by atoms with Crippen LogP contribution in [0.1, 0.15) is 42.8 Å². The lowest BCUT2D eigenvalue weighted by molar-refractivity contribution is 0.0658. The Kier molecular flexibility index (Phi) is 4.29. The summed E-state index contributed by atoms with van der Waals surface area (Å²) in [6.45, 7) is 5.89. The molecule has 2 rings (SSSR count). The van der Waals surface area contributed by atoms with Gasteiger partial charge in [0.05, 0.1) is 0 Å². The van der Waals surface area contributed by atoms with Gasteiger partial charge in [0.1, 0.15) is 10.7 Å². The van der Waals surface area contributed by atoms with Crippen molar-refractivity contribution < 1.29 is 4.79 Å². The number of nitrogens with two attached hydrogens (primary N) is 1. The Balaban J connectivity index is 2.17. The first-order valence-corrected chi connectivity index (χ1v) is 7.68. The number of hydrogen-bond acceptors (Lipinski definition) is 5. The third-order valence-electron chi connectivity index (χ3n) is 3.81. The van der Waals surface area contributed by atoms with Crippen LogP contribution in [0.2, 0.25) is 0 Å². The summed E-state index contributed by atoms with van der Waals surface area (Å²) in [5, 5.41) is 0.841. The maximum atomic E-state index is 12.4. The Labute approximate surface area is 118 Å². The van der Waals surface area contributed by atoms with E-state index in [1.807, 2.05) is 11.9 Å². The number of amides is 1. The van der Waals surface area contributed by atoms with E-state index in [0.29, 0.717) is 16.7 Å². The average Bonchev–Trinajstić information content (AvgIpc) is 2.69. The largest absolute Gasteiger partial charge is 0.382 e. The van der Waals surface area contributed by atoms with E-state index in [9.17, 15) is 4.79 Å². The number of carbonyl (C=O) groups excluding carboxylic acids is 1. The molecule has 0 spiro atoms. The van der Waals surface area contributed by atoms with Crippen LogP contribution in [0.4, 0.5) is 10.9 Å². The van der Waals surface area contributed by atoms with E-state index >= 15 is 0 Å². The SMILES string of the molecule is CCN(CC)c1nc(N)c(C(=O)N(C)C2CCC2)s1. The first kappa shape index (κ1) is 14.1. The zero-order valence-electron chi connectivity index (χ0n) is 11.8. The predicted octanol–water partition coefficient (Wildman–Crippen LogP) is 2.20. The minimum atomic E-state index is 0.0121. The zero-order chi connectivity index (χ0) is 14.0. The van der Waals surface area contributed by atoms with Crippen molar-refractivity contribution in [2.45, 2.75) is 39.2 Å². The molecule has 2 N–H and O–H groups in total. The summed E-state index contributed by atoms with van der Waals surface area (Å²) in [5.41, 5.74) is 5.91. The van der Waals surface area contributed by atoms with Gasteiger partial charge in [-0.3, -0.25) is 4.79 Å². The highest BCUT2D eigenvalue weighted by atomic mass is 32.1. The number of anilines is 2. The number of carbonyl (C=O) groups is 1. The third-order valence-corrected chi connectivity index (χ3v) is 4.93. The summed E-state index contributed by atoms with van der Waals surface area (Å²) in [7, 11) is 1.86. The van der Waals surface area contributed by atoms with Crippen molar-refractivity contribution in [3.63, 3.8) is 0 Å². The average molecular weight is 282 g/mol. The van der Waals surface area contributed by atoms with Gasteiger partial charge in [-0.25, -0.2) is 4.98 Å². The Morgan fingerprint density at radius 2 is 2.05 bits per heavy atom. The van der Waals surface area contributed by atoms with Crippen molar-refractivity contribution in [2.24, 2.45) is 0 Å². The topological polar surface area (TPSA) is 62.5 Å². The molecule has 0 radical (unpaired) electrons. The number of aromatic nitrogens is 1. The van der Waals surface area contributed by atoms with Crippen LogP contribution in [0.5, 0.6) is 0 Å². The lowest BCUT2D eigenvalue weighted by Gasteiger charge is -2.34. The quantitative estimate of drug-likeness (QED) is 0.899. The Bertz CT molecular complexity index is 451. The maximum Gasteiger partial charge on any atom is 0.267 e. The highest BCUT2D eigenvalue weighted by molar-refractivity contribution is 7.18. The van der Waals surface area contributed by atoms with Gasteiger partial charge in [0.15, 0.2) is 5.13 Å². The molecular weight excluding hydrogens is 260 g/mol. The van der Waals surface area contributed by atoms with Crippen LogP contribution in [0.15, 0.2) is 0 Å². The molecule has 19 heavy (non-hydrogen) atoms. The normalized spacial score (nSPS) is 15.1. The molecule has 6 heteroatoms. The van der Waals surface area contributed by atoms with E-state index in [4.69, 9.17) is 5.73 Å². The second-order valence-corrected chi connectivity index (χ2v) is 5.86. The Hall–Kier alpha value is -1.30. The number of rotatable bonds is 5. The van der Waals surface area contributed by atoms with E-state index in [1.54, 1.807) is 0 Å². The van der Waals surface area contributed by atoms with E-state index in [2.05, 4.69) is 23.7 Å². The monoisotopic (exact) mass is 282 g/mol. The molecule has 0 saturated heterocycles. The summed E-state index contributed by atoms with van der Waals surface area (Å²) in [6, 6.07) is 0.380. The Morgan fingerprint density at radius 1 is 1.42 bits per heavy atom. The number of nitrogen functional groups attached to an aromatic ring is 1. The van der Waals surface area contributed by atoms with Gasteiger partial charge in [-0.05, 0) is 33.1 Å². The fourth-order valence-corrected chi connectivity index (χ4v) is 3.30. The molecule has 0 aromatic carbocycles. The van der Waals surface area contributed by atoms with Gasteiger partial charge in [0, 0.05) is 26.2 Å². The van der Waals surface area contributed by atoms with Gasteiger partial charge in [-0.1, -0.05) is 11.3 Å². The van der Waals surface area contributed by atoms with Gasteiger partial charge >= 0.3 is 0 Å². The molecule has 0 atom stereocenters. The van der Waals surface area contributed by atoms with Gasteiger partial charge in [-0.2, -0.15) is 0 Å². The fourth-order valence-electron chi connectivity index (χ4n) is 2.20. The second kappa shape index (κ2) is 5.77. The van der Waals surface area contributed by atoms with Crippen LogP contribution in [-0.2, 0) is 0 Å². The summed E-state index contributed by atoms with van der Waals surface area (Å²) in [5.74, 6) is 0.376. The van der Waals surface area contributed by atoms with Crippen LogP contribution in [-0.4, -0.2) is 42.0 Å². The minimum Gasteiger partial charge on any atom is -0.382 e. The molecule has 1 aliphatic rings. The molecule has 0 unspecified atom stereocenters. The summed E-state index contributed by atoms with van der Waals surface area (Å²) >= 11 is 1.40. The van der Waals surface area contributed by atoms with Crippen LogP contribution < -0.4 is 10.6 Å². The van der Waals surface area contributed by atoms with E-state index in [-0.39, 0.29) is 5.91 Å². The zero-order valence-corrected chi connectivity index (χ0v) is 12.7. The standard InChI is InChI=1S/C13H22N4OS/c1-4-17(5-2)13-15-11(14)10(19-13)12(18)16(3)9-7-6-8-9/h9H,4-8,14H2,1-3H3. The van der Waals surface area contributed by atoms with Crippen LogP contribution in [0.3, 0.4) is 0 Å². The first-order chi connectivity index (χ1) is 9.08.